The van der Waals surface area contributed by atoms with E-state index in [9.17, 15) is 0 Å². The summed E-state index contributed by atoms with van der Waals surface area (Å²) < 4.78 is 12.5. The second-order valence-electron chi connectivity index (χ2n) is 4.73. The van der Waals surface area contributed by atoms with Crippen LogP contribution in [0.2, 0.25) is 0 Å². The largest absolute Gasteiger partial charge is 0.383 e. The highest BCUT2D eigenvalue weighted by atomic mass is 16.5. The maximum absolute atomic E-state index is 5.39. The van der Waals surface area contributed by atoms with E-state index < -0.39 is 0 Å². The van der Waals surface area contributed by atoms with Crippen LogP contribution in [0.25, 0.3) is 0 Å². The monoisotopic (exact) mass is 253 g/mol. The molecule has 0 amide bonds. The number of ether oxygens (including phenoxy) is 2. The Labute approximate surface area is 108 Å². The Hall–Kier alpha value is -0.910. The molecule has 0 bridgehead atoms. The lowest BCUT2D eigenvalue weighted by atomic mass is 10.0. The molecule has 0 saturated carbocycles. The fourth-order valence-electron chi connectivity index (χ4n) is 2.24. The van der Waals surface area contributed by atoms with Gasteiger partial charge in [0.05, 0.1) is 12.3 Å². The fourth-order valence-corrected chi connectivity index (χ4v) is 2.24. The maximum atomic E-state index is 5.39. The molecular weight excluding hydrogens is 230 g/mol. The van der Waals surface area contributed by atoms with Gasteiger partial charge in [0.1, 0.15) is 0 Å². The van der Waals surface area contributed by atoms with Crippen LogP contribution in [0.5, 0.6) is 0 Å². The summed E-state index contributed by atoms with van der Waals surface area (Å²) in [6.07, 6.45) is 4.18. The third-order valence-electron chi connectivity index (χ3n) is 3.37. The second kappa shape index (κ2) is 7.51. The van der Waals surface area contributed by atoms with Gasteiger partial charge < -0.3 is 14.8 Å². The van der Waals surface area contributed by atoms with E-state index in [4.69, 9.17) is 9.47 Å². The molecule has 1 N–H and O–H groups in total. The van der Waals surface area contributed by atoms with Crippen molar-refractivity contribution < 1.29 is 9.47 Å². The van der Waals surface area contributed by atoms with E-state index in [2.05, 4.69) is 21.2 Å². The van der Waals surface area contributed by atoms with Crippen molar-refractivity contribution >= 4 is 0 Å². The lowest BCUT2D eigenvalue weighted by Crippen LogP contribution is -2.24. The Morgan fingerprint density at radius 3 is 3.11 bits per heavy atom. The second-order valence-corrected chi connectivity index (χ2v) is 4.73. The van der Waals surface area contributed by atoms with Gasteiger partial charge in [-0.25, -0.2) is 0 Å². The number of hydrogen-bond acceptors (Lipinski definition) is 4. The maximum Gasteiger partial charge on any atom is 0.0587 e. The molecular formula is C13H23N3O2. The third kappa shape index (κ3) is 4.08. The van der Waals surface area contributed by atoms with Gasteiger partial charge in [-0.05, 0) is 24.8 Å². The molecule has 0 radical (unpaired) electrons. The Kier molecular flexibility index (Phi) is 5.64. The Morgan fingerprint density at radius 1 is 1.50 bits per heavy atom. The standard InChI is InChI=1S/C13H23N3O2/c1-17-9-6-14-10-13-2-5-15-16(13)11-12-3-7-18-8-4-12/h2,5,12,14H,3-4,6-11H2,1H3. The van der Waals surface area contributed by atoms with Gasteiger partial charge in [0.15, 0.2) is 0 Å². The summed E-state index contributed by atoms with van der Waals surface area (Å²) in [6, 6.07) is 2.08. The Bertz CT molecular complexity index is 335. The Morgan fingerprint density at radius 2 is 2.33 bits per heavy atom. The van der Waals surface area contributed by atoms with Crippen molar-refractivity contribution in [3.8, 4) is 0 Å². The minimum absolute atomic E-state index is 0.705. The highest BCUT2D eigenvalue weighted by Crippen LogP contribution is 2.17. The number of nitrogens with one attached hydrogen (secondary N) is 1. The van der Waals surface area contributed by atoms with Crippen molar-refractivity contribution in [1.29, 1.82) is 0 Å². The van der Waals surface area contributed by atoms with E-state index >= 15 is 0 Å². The number of nitrogens with zero attached hydrogens (tertiary/aromatic N) is 2. The van der Waals surface area contributed by atoms with Crippen LogP contribution in [0.15, 0.2) is 12.3 Å². The summed E-state index contributed by atoms with van der Waals surface area (Å²) in [4.78, 5) is 0. The van der Waals surface area contributed by atoms with Gasteiger partial charge in [0.25, 0.3) is 0 Å². The lowest BCUT2D eigenvalue weighted by Gasteiger charge is -2.22. The zero-order chi connectivity index (χ0) is 12.6. The first-order valence-electron chi connectivity index (χ1n) is 6.68. The summed E-state index contributed by atoms with van der Waals surface area (Å²) in [5.74, 6) is 0.705. The Balaban J connectivity index is 1.79. The van der Waals surface area contributed by atoms with Gasteiger partial charge in [-0.2, -0.15) is 5.10 Å². The quantitative estimate of drug-likeness (QED) is 0.738. The molecule has 102 valence electrons. The molecule has 0 atom stereocenters. The average Bonchev–Trinajstić information content (AvgIpc) is 2.83. The van der Waals surface area contributed by atoms with Crippen LogP contribution in [0.4, 0.5) is 0 Å². The van der Waals surface area contributed by atoms with Gasteiger partial charge in [-0.15, -0.1) is 0 Å². The molecule has 1 aromatic rings. The van der Waals surface area contributed by atoms with E-state index in [-0.39, 0.29) is 0 Å². The van der Waals surface area contributed by atoms with E-state index in [1.54, 1.807) is 7.11 Å². The average molecular weight is 253 g/mol. The molecule has 1 fully saturated rings. The molecule has 2 heterocycles. The zero-order valence-corrected chi connectivity index (χ0v) is 11.1. The van der Waals surface area contributed by atoms with Crippen LogP contribution in [-0.4, -0.2) is 43.3 Å². The first-order chi connectivity index (χ1) is 8.90. The van der Waals surface area contributed by atoms with Crippen LogP contribution in [0.1, 0.15) is 18.5 Å². The first-order valence-corrected chi connectivity index (χ1v) is 6.68. The van der Waals surface area contributed by atoms with Crippen molar-refractivity contribution in [1.82, 2.24) is 15.1 Å². The molecule has 5 nitrogen and oxygen atoms in total. The molecule has 1 aromatic heterocycles. The molecule has 5 heteroatoms. The number of hydrogen-bond donors (Lipinski definition) is 1. The minimum atomic E-state index is 0.705. The summed E-state index contributed by atoms with van der Waals surface area (Å²) >= 11 is 0. The molecule has 0 unspecified atom stereocenters. The van der Waals surface area contributed by atoms with E-state index in [0.29, 0.717) is 5.92 Å². The number of methoxy groups -OCH3 is 1. The summed E-state index contributed by atoms with van der Waals surface area (Å²) in [5.41, 5.74) is 1.25. The molecule has 0 spiro atoms. The van der Waals surface area contributed by atoms with Crippen molar-refractivity contribution in [2.75, 3.05) is 33.5 Å². The normalized spacial score (nSPS) is 17.2. The molecule has 2 rings (SSSR count). The van der Waals surface area contributed by atoms with Crippen LogP contribution in [-0.2, 0) is 22.6 Å². The van der Waals surface area contributed by atoms with Crippen LogP contribution >= 0.6 is 0 Å². The van der Waals surface area contributed by atoms with Gasteiger partial charge in [0.2, 0.25) is 0 Å². The molecule has 0 aliphatic carbocycles. The topological polar surface area (TPSA) is 48.3 Å². The molecule has 0 aromatic carbocycles. The third-order valence-corrected chi connectivity index (χ3v) is 3.37. The van der Waals surface area contributed by atoms with Crippen LogP contribution in [0, 0.1) is 5.92 Å². The molecule has 1 saturated heterocycles. The molecule has 1 aliphatic heterocycles. The minimum Gasteiger partial charge on any atom is -0.383 e. The van der Waals surface area contributed by atoms with Gasteiger partial charge in [0, 0.05) is 46.2 Å². The number of rotatable bonds is 7. The first kappa shape index (κ1) is 13.5. The van der Waals surface area contributed by atoms with Gasteiger partial charge in [-0.1, -0.05) is 0 Å². The zero-order valence-electron chi connectivity index (χ0n) is 11.1. The summed E-state index contributed by atoms with van der Waals surface area (Å²) in [7, 11) is 1.72. The van der Waals surface area contributed by atoms with Crippen molar-refractivity contribution in [2.45, 2.75) is 25.9 Å². The van der Waals surface area contributed by atoms with Crippen molar-refractivity contribution in [2.24, 2.45) is 5.92 Å². The van der Waals surface area contributed by atoms with Crippen molar-refractivity contribution in [3.05, 3.63) is 18.0 Å². The molecule has 1 aliphatic rings. The smallest absolute Gasteiger partial charge is 0.0587 e. The number of aromatic nitrogens is 2. The predicted octanol–water partition coefficient (Wildman–Crippen LogP) is 1.05. The van der Waals surface area contributed by atoms with E-state index in [1.165, 1.54) is 5.69 Å². The van der Waals surface area contributed by atoms with Gasteiger partial charge in [-0.3, -0.25) is 4.68 Å². The fraction of sp³-hybridized carbons (Fsp3) is 0.769. The van der Waals surface area contributed by atoms with Crippen molar-refractivity contribution in [3.63, 3.8) is 0 Å². The summed E-state index contributed by atoms with van der Waals surface area (Å²) in [6.45, 7) is 5.28. The highest BCUT2D eigenvalue weighted by molar-refractivity contribution is 5.00. The lowest BCUT2D eigenvalue weighted by molar-refractivity contribution is 0.0598. The van der Waals surface area contributed by atoms with Gasteiger partial charge >= 0.3 is 0 Å². The molecule has 18 heavy (non-hydrogen) atoms. The SMILES string of the molecule is COCCNCc1ccnn1CC1CCOCC1. The van der Waals surface area contributed by atoms with Crippen LogP contribution in [0.3, 0.4) is 0 Å². The summed E-state index contributed by atoms with van der Waals surface area (Å²) in [5, 5.41) is 7.77. The van der Waals surface area contributed by atoms with Crippen LogP contribution < -0.4 is 5.32 Å². The van der Waals surface area contributed by atoms with E-state index in [1.807, 2.05) is 6.20 Å². The highest BCUT2D eigenvalue weighted by Gasteiger charge is 2.15. The predicted molar refractivity (Wildman–Crippen MR) is 69.4 cm³/mol. The van der Waals surface area contributed by atoms with E-state index in [0.717, 1.165) is 52.3 Å².